The van der Waals surface area contributed by atoms with Crippen LogP contribution in [0.15, 0.2) is 18.2 Å². The van der Waals surface area contributed by atoms with Crippen LogP contribution in [-0.2, 0) is 11.2 Å². The third-order valence-electron chi connectivity index (χ3n) is 5.03. The van der Waals surface area contributed by atoms with Gasteiger partial charge in [-0.1, -0.05) is 6.07 Å². The second kappa shape index (κ2) is 9.84. The third-order valence-corrected chi connectivity index (χ3v) is 6.03. The summed E-state index contributed by atoms with van der Waals surface area (Å²) >= 11 is 1.69. The van der Waals surface area contributed by atoms with Crippen molar-refractivity contribution in [3.05, 3.63) is 33.8 Å². The second-order valence-corrected chi connectivity index (χ2v) is 8.21. The van der Waals surface area contributed by atoms with Crippen molar-refractivity contribution >= 4 is 17.2 Å². The predicted molar refractivity (Wildman–Crippen MR) is 109 cm³/mol. The van der Waals surface area contributed by atoms with Gasteiger partial charge < -0.3 is 14.8 Å². The number of likely N-dealkylation sites (tertiary alicyclic amines) is 1. The molecule has 152 valence electrons. The summed E-state index contributed by atoms with van der Waals surface area (Å²) in [5.41, 5.74) is 1.10. The van der Waals surface area contributed by atoms with Gasteiger partial charge in [0.15, 0.2) is 11.5 Å². The quantitative estimate of drug-likeness (QED) is 0.728. The fourth-order valence-corrected chi connectivity index (χ4v) is 4.32. The van der Waals surface area contributed by atoms with E-state index in [4.69, 9.17) is 9.47 Å². The van der Waals surface area contributed by atoms with Crippen LogP contribution < -0.4 is 14.8 Å². The van der Waals surface area contributed by atoms with Crippen LogP contribution in [0.5, 0.6) is 11.5 Å². The first kappa shape index (κ1) is 20.5. The normalized spacial score (nSPS) is 15.4. The summed E-state index contributed by atoms with van der Waals surface area (Å²) in [5.74, 6) is 1.98. The molecule has 7 nitrogen and oxygen atoms in total. The standard InChI is InChI=1S/C20H28N4O3S/c1-14-22-23-20(28-14)16-7-10-24(11-8-16)13-19(25)21-9-6-15-4-5-17(26-2)18(12-15)27-3/h4-5,12,16H,6-11,13H2,1-3H3,(H,21,25). The Morgan fingerprint density at radius 3 is 2.61 bits per heavy atom. The van der Waals surface area contributed by atoms with Crippen LogP contribution in [0.3, 0.4) is 0 Å². The molecule has 1 N–H and O–H groups in total. The van der Waals surface area contributed by atoms with Crippen molar-refractivity contribution in [3.63, 3.8) is 0 Å². The summed E-state index contributed by atoms with van der Waals surface area (Å²) in [6.07, 6.45) is 2.83. The van der Waals surface area contributed by atoms with Crippen LogP contribution in [0.4, 0.5) is 0 Å². The van der Waals surface area contributed by atoms with E-state index in [1.165, 1.54) is 0 Å². The van der Waals surface area contributed by atoms with Crippen molar-refractivity contribution in [2.24, 2.45) is 0 Å². The average Bonchev–Trinajstić information content (AvgIpc) is 3.14. The SMILES string of the molecule is COc1ccc(CCNC(=O)CN2CCC(c3nnc(C)s3)CC2)cc1OC. The summed E-state index contributed by atoms with van der Waals surface area (Å²) in [6, 6.07) is 5.83. The Morgan fingerprint density at radius 2 is 1.96 bits per heavy atom. The fraction of sp³-hybridized carbons (Fsp3) is 0.550. The number of carbonyl (C=O) groups excluding carboxylic acids is 1. The van der Waals surface area contributed by atoms with E-state index in [0.717, 1.165) is 47.9 Å². The number of aromatic nitrogens is 2. The van der Waals surface area contributed by atoms with E-state index < -0.39 is 0 Å². The van der Waals surface area contributed by atoms with Gasteiger partial charge in [-0.05, 0) is 57.0 Å². The molecule has 1 aromatic carbocycles. The Morgan fingerprint density at radius 1 is 1.21 bits per heavy atom. The molecule has 1 aliphatic heterocycles. The minimum atomic E-state index is 0.0747. The predicted octanol–water partition coefficient (Wildman–Crippen LogP) is 2.40. The number of carbonyl (C=O) groups is 1. The average molecular weight is 405 g/mol. The number of hydrogen-bond donors (Lipinski definition) is 1. The largest absolute Gasteiger partial charge is 0.493 e. The lowest BCUT2D eigenvalue weighted by molar-refractivity contribution is -0.122. The van der Waals surface area contributed by atoms with Gasteiger partial charge in [0.25, 0.3) is 0 Å². The maximum Gasteiger partial charge on any atom is 0.234 e. The van der Waals surface area contributed by atoms with E-state index in [1.54, 1.807) is 25.6 Å². The highest BCUT2D eigenvalue weighted by Crippen LogP contribution is 2.30. The van der Waals surface area contributed by atoms with Gasteiger partial charge >= 0.3 is 0 Å². The number of hydrogen-bond acceptors (Lipinski definition) is 7. The summed E-state index contributed by atoms with van der Waals surface area (Å²) in [5, 5.41) is 13.6. The lowest BCUT2D eigenvalue weighted by Crippen LogP contribution is -2.41. The van der Waals surface area contributed by atoms with Crippen molar-refractivity contribution in [3.8, 4) is 11.5 Å². The van der Waals surface area contributed by atoms with E-state index in [-0.39, 0.29) is 5.91 Å². The van der Waals surface area contributed by atoms with Gasteiger partial charge in [-0.3, -0.25) is 9.69 Å². The molecule has 1 aromatic heterocycles. The molecule has 1 amide bonds. The zero-order valence-electron chi connectivity index (χ0n) is 16.7. The Labute approximate surface area is 170 Å². The van der Waals surface area contributed by atoms with Gasteiger partial charge in [-0.2, -0.15) is 0 Å². The smallest absolute Gasteiger partial charge is 0.234 e. The van der Waals surface area contributed by atoms with Gasteiger partial charge in [0.1, 0.15) is 10.0 Å². The lowest BCUT2D eigenvalue weighted by Gasteiger charge is -2.30. The molecule has 3 rings (SSSR count). The number of benzene rings is 1. The molecule has 1 saturated heterocycles. The molecule has 0 bridgehead atoms. The number of nitrogens with one attached hydrogen (secondary N) is 1. The van der Waals surface area contributed by atoms with E-state index in [9.17, 15) is 4.79 Å². The molecule has 2 aromatic rings. The van der Waals surface area contributed by atoms with Crippen LogP contribution in [0.25, 0.3) is 0 Å². The number of aryl methyl sites for hydroxylation is 1. The van der Waals surface area contributed by atoms with Gasteiger partial charge in [-0.15, -0.1) is 21.5 Å². The van der Waals surface area contributed by atoms with Crippen molar-refractivity contribution in [2.75, 3.05) is 40.4 Å². The zero-order chi connectivity index (χ0) is 19.9. The number of methoxy groups -OCH3 is 2. The van der Waals surface area contributed by atoms with E-state index >= 15 is 0 Å². The molecule has 0 aliphatic carbocycles. The van der Waals surface area contributed by atoms with E-state index in [1.807, 2.05) is 25.1 Å². The van der Waals surface area contributed by atoms with Crippen LogP contribution >= 0.6 is 11.3 Å². The minimum Gasteiger partial charge on any atom is -0.493 e. The van der Waals surface area contributed by atoms with Gasteiger partial charge in [0, 0.05) is 12.5 Å². The summed E-state index contributed by atoms with van der Waals surface area (Å²) in [7, 11) is 3.24. The van der Waals surface area contributed by atoms with Crippen molar-refractivity contribution in [1.82, 2.24) is 20.4 Å². The van der Waals surface area contributed by atoms with Gasteiger partial charge in [0.05, 0.1) is 20.8 Å². The molecule has 8 heteroatoms. The first-order chi connectivity index (χ1) is 13.6. The molecule has 2 heterocycles. The van der Waals surface area contributed by atoms with Crippen molar-refractivity contribution in [2.45, 2.75) is 32.1 Å². The van der Waals surface area contributed by atoms with E-state index in [2.05, 4.69) is 20.4 Å². The zero-order valence-corrected chi connectivity index (χ0v) is 17.6. The Balaban J connectivity index is 1.38. The monoisotopic (exact) mass is 404 g/mol. The summed E-state index contributed by atoms with van der Waals surface area (Å²) in [6.45, 7) is 4.89. The topological polar surface area (TPSA) is 76.6 Å². The second-order valence-electron chi connectivity index (χ2n) is 7.00. The number of amides is 1. The number of ether oxygens (including phenoxy) is 2. The Bertz CT molecular complexity index is 788. The molecule has 1 fully saturated rings. The molecular weight excluding hydrogens is 376 g/mol. The van der Waals surface area contributed by atoms with Crippen LogP contribution in [-0.4, -0.2) is 61.4 Å². The Kier molecular flexibility index (Phi) is 7.22. The molecule has 0 unspecified atom stereocenters. The first-order valence-corrected chi connectivity index (χ1v) is 10.4. The number of piperidine rings is 1. The maximum absolute atomic E-state index is 12.3. The van der Waals surface area contributed by atoms with Crippen molar-refractivity contribution < 1.29 is 14.3 Å². The van der Waals surface area contributed by atoms with Crippen molar-refractivity contribution in [1.29, 1.82) is 0 Å². The minimum absolute atomic E-state index is 0.0747. The van der Waals surface area contributed by atoms with Gasteiger partial charge in [0.2, 0.25) is 5.91 Å². The Hall–Kier alpha value is -2.19. The molecule has 0 atom stereocenters. The van der Waals surface area contributed by atoms with Crippen LogP contribution in [0.1, 0.15) is 34.3 Å². The molecule has 0 radical (unpaired) electrons. The third kappa shape index (κ3) is 5.42. The van der Waals surface area contributed by atoms with Crippen LogP contribution in [0.2, 0.25) is 0 Å². The highest BCUT2D eigenvalue weighted by Gasteiger charge is 2.24. The van der Waals surface area contributed by atoms with Gasteiger partial charge in [-0.25, -0.2) is 0 Å². The summed E-state index contributed by atoms with van der Waals surface area (Å²) in [4.78, 5) is 14.5. The molecule has 1 aliphatic rings. The van der Waals surface area contributed by atoms with E-state index in [0.29, 0.717) is 30.5 Å². The lowest BCUT2D eigenvalue weighted by atomic mass is 9.98. The highest BCUT2D eigenvalue weighted by atomic mass is 32.1. The van der Waals surface area contributed by atoms with Crippen LogP contribution in [0, 0.1) is 6.92 Å². The fourth-order valence-electron chi connectivity index (χ4n) is 3.46. The molecule has 28 heavy (non-hydrogen) atoms. The maximum atomic E-state index is 12.3. The molecule has 0 spiro atoms. The molecular formula is C20H28N4O3S. The number of rotatable bonds is 8. The highest BCUT2D eigenvalue weighted by molar-refractivity contribution is 7.11. The summed E-state index contributed by atoms with van der Waals surface area (Å²) < 4.78 is 10.6. The molecule has 0 saturated carbocycles. The number of nitrogens with zero attached hydrogens (tertiary/aromatic N) is 3. The first-order valence-electron chi connectivity index (χ1n) is 9.59.